The summed E-state index contributed by atoms with van der Waals surface area (Å²) in [4.78, 5) is 14.0. The van der Waals surface area contributed by atoms with Crippen molar-refractivity contribution in [2.45, 2.75) is 24.4 Å². The van der Waals surface area contributed by atoms with Crippen LogP contribution in [0.25, 0.3) is 0 Å². The third-order valence-corrected chi connectivity index (χ3v) is 6.41. The Morgan fingerprint density at radius 1 is 1.44 bits per heavy atom. The number of nitrogens with two attached hydrogens (primary N) is 1. The number of hydrogen-bond donors (Lipinski definition) is 3. The van der Waals surface area contributed by atoms with Gasteiger partial charge in [-0.1, -0.05) is 12.1 Å². The Labute approximate surface area is 165 Å². The largest absolute Gasteiger partial charge is 0.388 e. The number of hydrogen-bond acceptors (Lipinski definition) is 5. The molecule has 27 heavy (non-hydrogen) atoms. The monoisotopic (exact) mass is 387 g/mol. The number of primary amides is 1. The Balaban J connectivity index is 2.04. The summed E-state index contributed by atoms with van der Waals surface area (Å²) in [5.74, 6) is -0.0962. The zero-order valence-corrected chi connectivity index (χ0v) is 16.8. The average molecular weight is 388 g/mol. The van der Waals surface area contributed by atoms with Gasteiger partial charge in [0, 0.05) is 24.1 Å². The van der Waals surface area contributed by atoms with E-state index < -0.39 is 12.0 Å². The van der Waals surface area contributed by atoms with Crippen LogP contribution in [0.2, 0.25) is 0 Å². The second kappa shape index (κ2) is 8.52. The topological polar surface area (TPSA) is 78.6 Å². The summed E-state index contributed by atoms with van der Waals surface area (Å²) in [6.45, 7) is 2.68. The molecule has 2 unspecified atom stereocenters. The summed E-state index contributed by atoms with van der Waals surface area (Å²) >= 11 is 1.60. The fourth-order valence-electron chi connectivity index (χ4n) is 4.34. The van der Waals surface area contributed by atoms with Crippen molar-refractivity contribution in [3.05, 3.63) is 57.8 Å². The molecule has 3 rings (SSSR count). The first-order valence-electron chi connectivity index (χ1n) is 9.38. The molecule has 0 radical (unpaired) electrons. The Kier molecular flexibility index (Phi) is 6.32. The number of benzene rings is 1. The van der Waals surface area contributed by atoms with E-state index in [9.17, 15) is 9.90 Å². The van der Waals surface area contributed by atoms with Crippen LogP contribution in [0, 0.1) is 5.92 Å². The first kappa shape index (κ1) is 20.0. The number of carbonyl (C=O) groups is 1. The van der Waals surface area contributed by atoms with Crippen LogP contribution in [-0.4, -0.2) is 49.6 Å². The lowest BCUT2D eigenvalue weighted by Gasteiger charge is -2.47. The highest BCUT2D eigenvalue weighted by Gasteiger charge is 2.44. The fraction of sp³-hybridized carbons (Fsp3) is 0.476. The third-order valence-electron chi connectivity index (χ3n) is 5.71. The summed E-state index contributed by atoms with van der Waals surface area (Å²) in [7, 11) is 4.16. The molecule has 6 heteroatoms. The van der Waals surface area contributed by atoms with Crippen molar-refractivity contribution in [1.29, 1.82) is 0 Å². The molecule has 1 saturated heterocycles. The summed E-state index contributed by atoms with van der Waals surface area (Å²) < 4.78 is 0. The minimum absolute atomic E-state index is 0.220. The molecule has 2 aromatic rings. The number of amides is 1. The van der Waals surface area contributed by atoms with E-state index >= 15 is 0 Å². The number of aliphatic hydroxyl groups is 1. The minimum atomic E-state index is -0.531. The first-order valence-corrected chi connectivity index (χ1v) is 10.3. The van der Waals surface area contributed by atoms with Crippen LogP contribution in [0.5, 0.6) is 0 Å². The molecule has 146 valence electrons. The average Bonchev–Trinajstić information content (AvgIpc) is 3.18. The maximum atomic E-state index is 11.8. The first-order chi connectivity index (χ1) is 12.9. The third kappa shape index (κ3) is 4.41. The molecule has 1 amide bonds. The van der Waals surface area contributed by atoms with E-state index in [-0.39, 0.29) is 5.41 Å². The van der Waals surface area contributed by atoms with E-state index in [1.54, 1.807) is 17.4 Å². The SMILES string of the molecule is CN(C)CC1CNCCC1(C[C@H](O)c1ccsc1)c1cccc(C(N)=O)c1. The molecule has 1 aromatic heterocycles. The summed E-state index contributed by atoms with van der Waals surface area (Å²) in [5.41, 5.74) is 7.91. The number of aliphatic hydroxyl groups excluding tert-OH is 1. The smallest absolute Gasteiger partial charge is 0.248 e. The zero-order valence-electron chi connectivity index (χ0n) is 16.0. The van der Waals surface area contributed by atoms with Crippen LogP contribution in [-0.2, 0) is 5.41 Å². The van der Waals surface area contributed by atoms with Crippen molar-refractivity contribution < 1.29 is 9.90 Å². The molecule has 1 aliphatic rings. The molecule has 0 aliphatic carbocycles. The second-order valence-corrected chi connectivity index (χ2v) is 8.57. The van der Waals surface area contributed by atoms with Gasteiger partial charge in [0.05, 0.1) is 6.10 Å². The van der Waals surface area contributed by atoms with E-state index in [0.29, 0.717) is 17.9 Å². The highest BCUT2D eigenvalue weighted by atomic mass is 32.1. The van der Waals surface area contributed by atoms with Crippen LogP contribution in [0.1, 0.15) is 40.4 Å². The quantitative estimate of drug-likeness (QED) is 0.682. The Bertz CT molecular complexity index is 763. The molecule has 2 heterocycles. The van der Waals surface area contributed by atoms with Crippen molar-refractivity contribution in [3.8, 4) is 0 Å². The van der Waals surface area contributed by atoms with Gasteiger partial charge in [-0.2, -0.15) is 11.3 Å². The van der Waals surface area contributed by atoms with Gasteiger partial charge in [-0.15, -0.1) is 0 Å². The number of rotatable bonds is 7. The standard InChI is InChI=1S/C21H29N3O2S/c1-24(2)13-18-12-23-8-7-21(18,11-19(25)16-6-9-27-14-16)17-5-3-4-15(10-17)20(22)26/h3-6,9-10,14,18-19,23,25H,7-8,11-13H2,1-2H3,(H2,22,26)/t18?,19-,21?/m0/s1. The Morgan fingerprint density at radius 3 is 2.93 bits per heavy atom. The summed E-state index contributed by atoms with van der Waals surface area (Å²) in [6.07, 6.45) is 1.01. The van der Waals surface area contributed by atoms with Crippen molar-refractivity contribution in [2.75, 3.05) is 33.7 Å². The molecule has 0 bridgehead atoms. The molecule has 0 saturated carbocycles. The van der Waals surface area contributed by atoms with Crippen LogP contribution >= 0.6 is 11.3 Å². The van der Waals surface area contributed by atoms with E-state index in [1.165, 1.54) is 0 Å². The van der Waals surface area contributed by atoms with Crippen molar-refractivity contribution in [2.24, 2.45) is 11.7 Å². The predicted molar refractivity (Wildman–Crippen MR) is 110 cm³/mol. The molecule has 4 N–H and O–H groups in total. The van der Waals surface area contributed by atoms with Crippen LogP contribution in [0.4, 0.5) is 0 Å². The van der Waals surface area contributed by atoms with Gasteiger partial charge in [-0.05, 0) is 79.5 Å². The molecular weight excluding hydrogens is 358 g/mol. The van der Waals surface area contributed by atoms with E-state index in [1.807, 2.05) is 29.0 Å². The van der Waals surface area contributed by atoms with Crippen molar-refractivity contribution in [3.63, 3.8) is 0 Å². The van der Waals surface area contributed by atoms with Gasteiger partial charge >= 0.3 is 0 Å². The maximum Gasteiger partial charge on any atom is 0.248 e. The molecule has 1 aromatic carbocycles. The van der Waals surface area contributed by atoms with E-state index in [4.69, 9.17) is 5.73 Å². The van der Waals surface area contributed by atoms with Gasteiger partial charge in [-0.25, -0.2) is 0 Å². The normalized spacial score (nSPS) is 24.1. The molecular formula is C21H29N3O2S. The molecule has 5 nitrogen and oxygen atoms in total. The van der Waals surface area contributed by atoms with Gasteiger partial charge in [0.15, 0.2) is 0 Å². The fourth-order valence-corrected chi connectivity index (χ4v) is 5.05. The van der Waals surface area contributed by atoms with Gasteiger partial charge in [0.25, 0.3) is 0 Å². The zero-order chi connectivity index (χ0) is 19.4. The second-order valence-electron chi connectivity index (χ2n) is 7.79. The van der Waals surface area contributed by atoms with Gasteiger partial charge in [0.1, 0.15) is 0 Å². The van der Waals surface area contributed by atoms with Gasteiger partial charge in [-0.3, -0.25) is 4.79 Å². The Hall–Kier alpha value is -1.73. The van der Waals surface area contributed by atoms with Crippen LogP contribution < -0.4 is 11.1 Å². The molecule has 0 spiro atoms. The lowest BCUT2D eigenvalue weighted by molar-refractivity contribution is 0.0737. The van der Waals surface area contributed by atoms with Crippen molar-refractivity contribution >= 4 is 17.2 Å². The van der Waals surface area contributed by atoms with Crippen LogP contribution in [0.15, 0.2) is 41.1 Å². The predicted octanol–water partition coefficient (Wildman–Crippen LogP) is 2.38. The lowest BCUT2D eigenvalue weighted by Crippen LogP contribution is -2.52. The number of nitrogens with one attached hydrogen (secondary N) is 1. The summed E-state index contributed by atoms with van der Waals surface area (Å²) in [5, 5.41) is 18.5. The number of thiophene rings is 1. The van der Waals surface area contributed by atoms with Gasteiger partial charge in [0.2, 0.25) is 5.91 Å². The number of nitrogens with zero attached hydrogens (tertiary/aromatic N) is 1. The molecule has 1 fully saturated rings. The van der Waals surface area contributed by atoms with Gasteiger partial charge < -0.3 is 21.1 Å². The molecule has 1 aliphatic heterocycles. The maximum absolute atomic E-state index is 11.8. The Morgan fingerprint density at radius 2 is 2.26 bits per heavy atom. The highest BCUT2D eigenvalue weighted by molar-refractivity contribution is 7.07. The molecule has 3 atom stereocenters. The number of piperidine rings is 1. The van der Waals surface area contributed by atoms with Crippen molar-refractivity contribution in [1.82, 2.24) is 10.2 Å². The van der Waals surface area contributed by atoms with E-state index in [2.05, 4.69) is 30.4 Å². The lowest BCUT2D eigenvalue weighted by atomic mass is 9.62. The number of carbonyl (C=O) groups excluding carboxylic acids is 1. The highest BCUT2D eigenvalue weighted by Crippen LogP contribution is 2.45. The summed E-state index contributed by atoms with van der Waals surface area (Å²) in [6, 6.07) is 9.67. The van der Waals surface area contributed by atoms with Crippen LogP contribution in [0.3, 0.4) is 0 Å². The minimum Gasteiger partial charge on any atom is -0.388 e. The van der Waals surface area contributed by atoms with E-state index in [0.717, 1.165) is 37.2 Å².